The number of hydrogen-bond donors (Lipinski definition) is 1. The number of halogens is 1. The van der Waals surface area contributed by atoms with Crippen LogP contribution < -0.4 is 9.62 Å². The molecule has 0 unspecified atom stereocenters. The number of sulfonamides is 1. The van der Waals surface area contributed by atoms with Gasteiger partial charge in [0.05, 0.1) is 11.9 Å². The molecule has 3 rings (SSSR count). The van der Waals surface area contributed by atoms with Crippen molar-refractivity contribution in [3.05, 3.63) is 101 Å². The van der Waals surface area contributed by atoms with Crippen molar-refractivity contribution in [3.63, 3.8) is 0 Å². The molecule has 10 heteroatoms. The van der Waals surface area contributed by atoms with Crippen LogP contribution in [0.2, 0.25) is 0 Å². The van der Waals surface area contributed by atoms with Gasteiger partial charge in [-0.3, -0.25) is 18.7 Å². The second-order valence-electron chi connectivity index (χ2n) is 9.86. The van der Waals surface area contributed by atoms with Gasteiger partial charge in [0.15, 0.2) is 5.78 Å². The Morgan fingerprint density at radius 3 is 2.17 bits per heavy atom. The summed E-state index contributed by atoms with van der Waals surface area (Å²) in [6.07, 6.45) is 1.08. The quantitative estimate of drug-likeness (QED) is 0.334. The van der Waals surface area contributed by atoms with E-state index in [2.05, 4.69) is 5.32 Å². The summed E-state index contributed by atoms with van der Waals surface area (Å²) in [5.74, 6) is -1.98. The molecule has 0 bridgehead atoms. The van der Waals surface area contributed by atoms with E-state index in [1.807, 2.05) is 30.3 Å². The molecule has 0 saturated carbocycles. The second kappa shape index (κ2) is 13.3. The molecular weight excluding hydrogens is 533 g/mol. The van der Waals surface area contributed by atoms with E-state index in [1.54, 1.807) is 26.0 Å². The van der Waals surface area contributed by atoms with Gasteiger partial charge in [0.25, 0.3) is 0 Å². The number of carbonyl (C=O) groups excluding carboxylic acids is 3. The highest BCUT2D eigenvalue weighted by molar-refractivity contribution is 7.92. The Labute approximate surface area is 234 Å². The van der Waals surface area contributed by atoms with Gasteiger partial charge < -0.3 is 10.2 Å². The number of ketones is 1. The van der Waals surface area contributed by atoms with Crippen molar-refractivity contribution in [2.75, 3.05) is 17.1 Å². The average molecular weight is 568 g/mol. The SMILES string of the molecule is CC(=O)c1cccc(N(CC(=O)N(Cc2ccccc2F)[C@@H](Cc2ccccc2)C(=O)NC(C)C)S(C)(=O)=O)c1. The smallest absolute Gasteiger partial charge is 0.244 e. The van der Waals surface area contributed by atoms with Gasteiger partial charge in [0, 0.05) is 30.1 Å². The Kier molecular flexibility index (Phi) is 10.2. The molecule has 40 heavy (non-hydrogen) atoms. The first-order valence-corrected chi connectivity index (χ1v) is 14.7. The molecule has 0 radical (unpaired) electrons. The number of Topliss-reactive ketones (excluding diaryl/α,β-unsaturated/α-hetero) is 1. The lowest BCUT2D eigenvalue weighted by atomic mass is 10.0. The van der Waals surface area contributed by atoms with E-state index >= 15 is 0 Å². The highest BCUT2D eigenvalue weighted by Crippen LogP contribution is 2.22. The van der Waals surface area contributed by atoms with Crippen LogP contribution >= 0.6 is 0 Å². The second-order valence-corrected chi connectivity index (χ2v) is 11.8. The summed E-state index contributed by atoms with van der Waals surface area (Å²) in [4.78, 5) is 40.6. The third-order valence-electron chi connectivity index (χ3n) is 6.22. The van der Waals surface area contributed by atoms with Crippen LogP contribution in [0.15, 0.2) is 78.9 Å². The lowest BCUT2D eigenvalue weighted by Crippen LogP contribution is -2.54. The normalized spacial score (nSPS) is 12.1. The van der Waals surface area contributed by atoms with Crippen molar-refractivity contribution in [1.29, 1.82) is 0 Å². The number of nitrogens with one attached hydrogen (secondary N) is 1. The Balaban J connectivity index is 2.08. The first-order chi connectivity index (χ1) is 18.9. The topological polar surface area (TPSA) is 104 Å². The molecule has 0 aromatic heterocycles. The Morgan fingerprint density at radius 1 is 0.925 bits per heavy atom. The molecule has 0 aliphatic carbocycles. The van der Waals surface area contributed by atoms with Crippen molar-refractivity contribution in [2.45, 2.75) is 45.8 Å². The van der Waals surface area contributed by atoms with Gasteiger partial charge in [-0.05, 0) is 44.5 Å². The molecule has 0 aliphatic heterocycles. The first kappa shape index (κ1) is 30.5. The first-order valence-electron chi connectivity index (χ1n) is 12.8. The van der Waals surface area contributed by atoms with Crippen molar-refractivity contribution in [3.8, 4) is 0 Å². The zero-order valence-electron chi connectivity index (χ0n) is 23.0. The third kappa shape index (κ3) is 8.22. The fourth-order valence-electron chi connectivity index (χ4n) is 4.24. The maximum absolute atomic E-state index is 14.8. The molecule has 0 saturated heterocycles. The maximum Gasteiger partial charge on any atom is 0.244 e. The number of benzene rings is 3. The predicted octanol–water partition coefficient (Wildman–Crippen LogP) is 3.96. The summed E-state index contributed by atoms with van der Waals surface area (Å²) < 4.78 is 41.4. The van der Waals surface area contributed by atoms with Crippen LogP contribution in [0.5, 0.6) is 0 Å². The number of amides is 2. The lowest BCUT2D eigenvalue weighted by Gasteiger charge is -2.34. The minimum atomic E-state index is -3.99. The van der Waals surface area contributed by atoms with E-state index in [9.17, 15) is 27.2 Å². The van der Waals surface area contributed by atoms with Crippen LogP contribution in [0.4, 0.5) is 10.1 Å². The van der Waals surface area contributed by atoms with E-state index in [0.29, 0.717) is 0 Å². The zero-order chi connectivity index (χ0) is 29.4. The Hall–Kier alpha value is -4.05. The highest BCUT2D eigenvalue weighted by Gasteiger charge is 2.33. The summed E-state index contributed by atoms with van der Waals surface area (Å²) in [6.45, 7) is 4.00. The molecule has 0 aliphatic rings. The maximum atomic E-state index is 14.8. The summed E-state index contributed by atoms with van der Waals surface area (Å²) in [5, 5.41) is 2.84. The Morgan fingerprint density at radius 2 is 1.57 bits per heavy atom. The van der Waals surface area contributed by atoms with Gasteiger partial charge >= 0.3 is 0 Å². The molecule has 1 N–H and O–H groups in total. The fraction of sp³-hybridized carbons (Fsp3) is 0.300. The molecule has 8 nitrogen and oxygen atoms in total. The van der Waals surface area contributed by atoms with Crippen molar-refractivity contribution in [1.82, 2.24) is 10.2 Å². The number of hydrogen-bond acceptors (Lipinski definition) is 5. The Bertz CT molecular complexity index is 1460. The number of anilines is 1. The summed E-state index contributed by atoms with van der Waals surface area (Å²) in [7, 11) is -3.99. The van der Waals surface area contributed by atoms with Crippen LogP contribution in [-0.2, 0) is 32.6 Å². The minimum Gasteiger partial charge on any atom is -0.352 e. The minimum absolute atomic E-state index is 0.123. The monoisotopic (exact) mass is 567 g/mol. The van der Waals surface area contributed by atoms with Gasteiger partial charge in [-0.1, -0.05) is 60.7 Å². The van der Waals surface area contributed by atoms with Crippen LogP contribution in [0.1, 0.15) is 42.3 Å². The van der Waals surface area contributed by atoms with Gasteiger partial charge in [-0.25, -0.2) is 12.8 Å². The molecule has 0 spiro atoms. The molecule has 212 valence electrons. The highest BCUT2D eigenvalue weighted by atomic mass is 32.2. The van der Waals surface area contributed by atoms with E-state index in [4.69, 9.17) is 0 Å². The third-order valence-corrected chi connectivity index (χ3v) is 7.36. The molecule has 3 aromatic rings. The van der Waals surface area contributed by atoms with E-state index in [-0.39, 0.29) is 41.6 Å². The average Bonchev–Trinajstić information content (AvgIpc) is 2.89. The molecule has 1 atom stereocenters. The van der Waals surface area contributed by atoms with Crippen LogP contribution in [-0.4, -0.2) is 55.8 Å². The molecule has 0 heterocycles. The standard InChI is InChI=1S/C30H34FN3O5S/c1-21(2)32-30(37)28(17-23-11-6-5-7-12-23)33(19-25-13-8-9-16-27(25)31)29(36)20-34(40(4,38)39)26-15-10-14-24(18-26)22(3)35/h5-16,18,21,28H,17,19-20H2,1-4H3,(H,32,37)/t28-/m0/s1. The number of nitrogens with zero attached hydrogens (tertiary/aromatic N) is 2. The fourth-order valence-corrected chi connectivity index (χ4v) is 5.08. The van der Waals surface area contributed by atoms with Crippen molar-refractivity contribution < 1.29 is 27.2 Å². The number of rotatable bonds is 12. The van der Waals surface area contributed by atoms with E-state index in [1.165, 1.54) is 48.2 Å². The van der Waals surface area contributed by atoms with Crippen LogP contribution in [0.3, 0.4) is 0 Å². The number of carbonyl (C=O) groups is 3. The molecule has 3 aromatic carbocycles. The zero-order valence-corrected chi connectivity index (χ0v) is 23.8. The predicted molar refractivity (Wildman–Crippen MR) is 153 cm³/mol. The van der Waals surface area contributed by atoms with Crippen molar-refractivity contribution >= 4 is 33.3 Å². The lowest BCUT2D eigenvalue weighted by molar-refractivity contribution is -0.140. The van der Waals surface area contributed by atoms with Crippen LogP contribution in [0.25, 0.3) is 0 Å². The summed E-state index contributed by atoms with van der Waals surface area (Å²) in [6, 6.07) is 19.6. The van der Waals surface area contributed by atoms with E-state index < -0.39 is 40.2 Å². The van der Waals surface area contributed by atoms with Gasteiger partial charge in [-0.2, -0.15) is 0 Å². The van der Waals surface area contributed by atoms with Crippen LogP contribution in [0, 0.1) is 5.82 Å². The van der Waals surface area contributed by atoms with Gasteiger partial charge in [0.2, 0.25) is 21.8 Å². The van der Waals surface area contributed by atoms with E-state index in [0.717, 1.165) is 16.1 Å². The summed E-state index contributed by atoms with van der Waals surface area (Å²) >= 11 is 0. The molecule has 2 amide bonds. The van der Waals surface area contributed by atoms with Gasteiger partial charge in [0.1, 0.15) is 18.4 Å². The molecule has 0 fully saturated rings. The van der Waals surface area contributed by atoms with Crippen molar-refractivity contribution in [2.24, 2.45) is 0 Å². The molecular formula is C30H34FN3O5S. The van der Waals surface area contributed by atoms with Gasteiger partial charge in [-0.15, -0.1) is 0 Å². The largest absolute Gasteiger partial charge is 0.352 e. The summed E-state index contributed by atoms with van der Waals surface area (Å²) in [5.41, 5.74) is 1.35.